The maximum absolute atomic E-state index is 5.46. The van der Waals surface area contributed by atoms with Crippen molar-refractivity contribution in [3.05, 3.63) is 16.3 Å². The normalized spacial score (nSPS) is 10.6. The average Bonchev–Trinajstić information content (AvgIpc) is 2.46. The topological polar surface area (TPSA) is 66.8 Å². The van der Waals surface area contributed by atoms with Gasteiger partial charge in [0.25, 0.3) is 0 Å². The van der Waals surface area contributed by atoms with Crippen LogP contribution in [0.2, 0.25) is 0 Å². The van der Waals surface area contributed by atoms with Crippen LogP contribution in [-0.4, -0.2) is 25.4 Å². The molecule has 0 aliphatic rings. The van der Waals surface area contributed by atoms with Crippen molar-refractivity contribution in [1.29, 1.82) is 0 Å². The largest absolute Gasteiger partial charge is 0.438 e. The number of nitrogens with zero attached hydrogens (tertiary/aromatic N) is 2. The Morgan fingerprint density at radius 2 is 2.40 bits per heavy atom. The summed E-state index contributed by atoms with van der Waals surface area (Å²) in [5, 5.41) is 3.90. The third-order valence-corrected chi connectivity index (χ3v) is 2.12. The molecule has 1 rings (SSSR count). The Morgan fingerprint density at radius 3 is 2.87 bits per heavy atom. The lowest BCUT2D eigenvalue weighted by atomic mass is 10.5. The molecule has 0 radical (unpaired) electrons. The van der Waals surface area contributed by atoms with Crippen LogP contribution in [0.25, 0.3) is 0 Å². The first-order chi connectivity index (χ1) is 7.00. The highest BCUT2D eigenvalue weighted by Crippen LogP contribution is 2.27. The van der Waals surface area contributed by atoms with Crippen molar-refractivity contribution >= 4 is 45.4 Å². The predicted molar refractivity (Wildman–Crippen MR) is 68.3 cm³/mol. The maximum Gasteiger partial charge on any atom is 0.210 e. The number of nitrogens with two attached hydrogens (primary N) is 1. The van der Waals surface area contributed by atoms with Crippen molar-refractivity contribution in [1.82, 2.24) is 5.43 Å². The van der Waals surface area contributed by atoms with Gasteiger partial charge in [-0.05, 0) is 28.1 Å². The van der Waals surface area contributed by atoms with Crippen LogP contribution < -0.4 is 16.1 Å². The van der Waals surface area contributed by atoms with Gasteiger partial charge in [0.05, 0.1) is 10.7 Å². The molecule has 1 aromatic rings. The van der Waals surface area contributed by atoms with Gasteiger partial charge in [0.15, 0.2) is 10.9 Å². The van der Waals surface area contributed by atoms with E-state index in [1.165, 1.54) is 6.21 Å². The molecule has 0 aromatic carbocycles. The third kappa shape index (κ3) is 3.52. The summed E-state index contributed by atoms with van der Waals surface area (Å²) in [5.41, 5.74) is 7.64. The molecule has 7 heteroatoms. The van der Waals surface area contributed by atoms with Gasteiger partial charge in [0, 0.05) is 20.2 Å². The zero-order chi connectivity index (χ0) is 11.4. The summed E-state index contributed by atoms with van der Waals surface area (Å²) in [6.45, 7) is 0. The number of hydrogen-bond acceptors (Lipinski definition) is 4. The SMILES string of the molecule is CN(C)c1oc(/C=N/NC(N)=S)cc1Br. The van der Waals surface area contributed by atoms with E-state index in [0.29, 0.717) is 5.76 Å². The molecule has 0 atom stereocenters. The van der Waals surface area contributed by atoms with Gasteiger partial charge < -0.3 is 15.1 Å². The van der Waals surface area contributed by atoms with E-state index in [1.807, 2.05) is 19.0 Å². The predicted octanol–water partition coefficient (Wildman–Crippen LogP) is 1.28. The van der Waals surface area contributed by atoms with Gasteiger partial charge in [-0.15, -0.1) is 0 Å². The van der Waals surface area contributed by atoms with E-state index in [1.54, 1.807) is 6.07 Å². The summed E-state index contributed by atoms with van der Waals surface area (Å²) in [5.74, 6) is 1.33. The number of rotatable bonds is 3. The molecule has 0 fully saturated rings. The molecule has 0 spiro atoms. The molecule has 82 valence electrons. The van der Waals surface area contributed by atoms with Crippen LogP contribution in [-0.2, 0) is 0 Å². The van der Waals surface area contributed by atoms with Gasteiger partial charge in [-0.2, -0.15) is 5.10 Å². The molecular formula is C8H11BrN4OS. The van der Waals surface area contributed by atoms with Crippen LogP contribution in [0, 0.1) is 0 Å². The first kappa shape index (κ1) is 12.0. The quantitative estimate of drug-likeness (QED) is 0.499. The van der Waals surface area contributed by atoms with Crippen molar-refractivity contribution in [3.8, 4) is 0 Å². The van der Waals surface area contributed by atoms with Gasteiger partial charge in [-0.1, -0.05) is 0 Å². The fourth-order valence-electron chi connectivity index (χ4n) is 0.905. The minimum atomic E-state index is 0.115. The highest BCUT2D eigenvalue weighted by molar-refractivity contribution is 9.10. The summed E-state index contributed by atoms with van der Waals surface area (Å²) in [6, 6.07) is 1.81. The molecule has 3 N–H and O–H groups in total. The van der Waals surface area contributed by atoms with E-state index >= 15 is 0 Å². The zero-order valence-corrected chi connectivity index (χ0v) is 10.7. The van der Waals surface area contributed by atoms with Gasteiger partial charge >= 0.3 is 0 Å². The summed E-state index contributed by atoms with van der Waals surface area (Å²) in [6.07, 6.45) is 1.50. The molecule has 0 aliphatic heterocycles. The molecule has 0 saturated carbocycles. The second-order valence-corrected chi connectivity index (χ2v) is 4.22. The minimum Gasteiger partial charge on any atom is -0.438 e. The molecule has 0 saturated heterocycles. The van der Waals surface area contributed by atoms with E-state index < -0.39 is 0 Å². The number of nitrogens with one attached hydrogen (secondary N) is 1. The van der Waals surface area contributed by atoms with Gasteiger partial charge in [0.1, 0.15) is 0 Å². The van der Waals surface area contributed by atoms with Crippen molar-refractivity contribution in [2.75, 3.05) is 19.0 Å². The monoisotopic (exact) mass is 290 g/mol. The zero-order valence-electron chi connectivity index (χ0n) is 8.32. The Balaban J connectivity index is 2.75. The second-order valence-electron chi connectivity index (χ2n) is 2.93. The van der Waals surface area contributed by atoms with Crippen molar-refractivity contribution < 1.29 is 4.42 Å². The summed E-state index contributed by atoms with van der Waals surface area (Å²) in [7, 11) is 3.77. The standard InChI is InChI=1S/C8H11BrN4OS/c1-13(2)7-6(9)3-5(14-7)4-11-12-8(10)15/h3-4H,1-2H3,(H3,10,12,15)/b11-4+. The summed E-state index contributed by atoms with van der Waals surface area (Å²) in [4.78, 5) is 1.85. The molecule has 0 aliphatic carbocycles. The van der Waals surface area contributed by atoms with Crippen molar-refractivity contribution in [3.63, 3.8) is 0 Å². The van der Waals surface area contributed by atoms with Crippen LogP contribution in [0.4, 0.5) is 5.88 Å². The smallest absolute Gasteiger partial charge is 0.210 e. The van der Waals surface area contributed by atoms with E-state index in [9.17, 15) is 0 Å². The van der Waals surface area contributed by atoms with Crippen LogP contribution >= 0.6 is 28.1 Å². The lowest BCUT2D eigenvalue weighted by molar-refractivity contribution is 0.557. The summed E-state index contributed by atoms with van der Waals surface area (Å²) >= 11 is 7.96. The maximum atomic E-state index is 5.46. The van der Waals surface area contributed by atoms with E-state index in [0.717, 1.165) is 10.4 Å². The van der Waals surface area contributed by atoms with Crippen LogP contribution in [0.3, 0.4) is 0 Å². The Morgan fingerprint density at radius 1 is 1.73 bits per heavy atom. The molecule has 0 unspecified atom stereocenters. The number of thiocarbonyl (C=S) groups is 1. The lowest BCUT2D eigenvalue weighted by Crippen LogP contribution is -2.23. The first-order valence-corrected chi connectivity index (χ1v) is 5.26. The van der Waals surface area contributed by atoms with Crippen molar-refractivity contribution in [2.24, 2.45) is 10.8 Å². The first-order valence-electron chi connectivity index (χ1n) is 4.06. The number of halogens is 1. The van der Waals surface area contributed by atoms with Gasteiger partial charge in [-0.25, -0.2) is 0 Å². The van der Waals surface area contributed by atoms with E-state index in [-0.39, 0.29) is 5.11 Å². The fourth-order valence-corrected chi connectivity index (χ4v) is 1.62. The van der Waals surface area contributed by atoms with Crippen molar-refractivity contribution in [2.45, 2.75) is 0 Å². The fraction of sp³-hybridized carbons (Fsp3) is 0.250. The minimum absolute atomic E-state index is 0.115. The number of hydrogen-bond donors (Lipinski definition) is 2. The molecule has 1 heterocycles. The summed E-state index contributed by atoms with van der Waals surface area (Å²) < 4.78 is 6.33. The Labute approximate surface area is 101 Å². The molecular weight excluding hydrogens is 280 g/mol. The number of furan rings is 1. The molecule has 0 bridgehead atoms. The molecule has 1 aromatic heterocycles. The van der Waals surface area contributed by atoms with Gasteiger partial charge in [-0.3, -0.25) is 5.43 Å². The van der Waals surface area contributed by atoms with Crippen LogP contribution in [0.5, 0.6) is 0 Å². The lowest BCUT2D eigenvalue weighted by Gasteiger charge is -2.07. The van der Waals surface area contributed by atoms with Crippen LogP contribution in [0.15, 0.2) is 20.1 Å². The highest BCUT2D eigenvalue weighted by atomic mass is 79.9. The Kier molecular flexibility index (Phi) is 4.10. The molecule has 5 nitrogen and oxygen atoms in total. The number of anilines is 1. The third-order valence-electron chi connectivity index (χ3n) is 1.46. The van der Waals surface area contributed by atoms with Gasteiger partial charge in [0.2, 0.25) is 5.88 Å². The Hall–Kier alpha value is -1.08. The van der Waals surface area contributed by atoms with Crippen LogP contribution in [0.1, 0.15) is 5.76 Å². The van der Waals surface area contributed by atoms with E-state index in [2.05, 4.69) is 38.7 Å². The average molecular weight is 291 g/mol. The second kappa shape index (κ2) is 5.13. The highest BCUT2D eigenvalue weighted by Gasteiger charge is 2.08. The van der Waals surface area contributed by atoms with E-state index in [4.69, 9.17) is 10.2 Å². The Bertz CT molecular complexity index is 388. The number of hydrazone groups is 1. The molecule has 15 heavy (non-hydrogen) atoms. The molecule has 0 amide bonds.